The Labute approximate surface area is 126 Å². The number of amides is 2. The first-order valence-corrected chi connectivity index (χ1v) is 7.35. The number of carbonyl (C=O) groups is 2. The van der Waals surface area contributed by atoms with Crippen molar-refractivity contribution in [2.75, 3.05) is 24.5 Å². The number of nitrogens with zero attached hydrogens (tertiary/aromatic N) is 5. The summed E-state index contributed by atoms with van der Waals surface area (Å²) in [6.45, 7) is 2.01. The van der Waals surface area contributed by atoms with E-state index in [-0.39, 0.29) is 17.9 Å². The number of likely N-dealkylation sites (tertiary alicyclic amines) is 1. The van der Waals surface area contributed by atoms with Gasteiger partial charge < -0.3 is 9.80 Å². The van der Waals surface area contributed by atoms with Crippen molar-refractivity contribution in [1.82, 2.24) is 24.9 Å². The predicted molar refractivity (Wildman–Crippen MR) is 77.3 cm³/mol. The molecule has 0 spiro atoms. The van der Waals surface area contributed by atoms with Gasteiger partial charge in [-0.15, -0.1) is 0 Å². The maximum atomic E-state index is 12.1. The van der Waals surface area contributed by atoms with Crippen LogP contribution < -0.4 is 4.90 Å². The highest BCUT2D eigenvalue weighted by atomic mass is 16.2. The van der Waals surface area contributed by atoms with Crippen LogP contribution in [0.25, 0.3) is 0 Å². The van der Waals surface area contributed by atoms with Crippen molar-refractivity contribution >= 4 is 17.5 Å². The van der Waals surface area contributed by atoms with E-state index < -0.39 is 0 Å². The van der Waals surface area contributed by atoms with Gasteiger partial charge in [-0.25, -0.2) is 0 Å². The number of hydrogen-bond acceptors (Lipinski definition) is 4. The quantitative estimate of drug-likeness (QED) is 0.890. The van der Waals surface area contributed by atoms with Crippen molar-refractivity contribution < 1.29 is 9.59 Å². The SMILES string of the molecule is O=C(c1cn[nH]c1)N1CC(n2cc(N3CCCC3=O)cn2)C1. The fraction of sp³-hybridized carbons (Fsp3) is 0.429. The monoisotopic (exact) mass is 300 g/mol. The number of aromatic amines is 1. The van der Waals surface area contributed by atoms with Crippen LogP contribution in [0.4, 0.5) is 5.69 Å². The smallest absolute Gasteiger partial charge is 0.257 e. The molecule has 0 unspecified atom stereocenters. The largest absolute Gasteiger partial charge is 0.334 e. The molecule has 8 heteroatoms. The van der Waals surface area contributed by atoms with Gasteiger partial charge in [0.2, 0.25) is 5.91 Å². The topological polar surface area (TPSA) is 87.1 Å². The molecule has 22 heavy (non-hydrogen) atoms. The molecule has 2 aromatic heterocycles. The van der Waals surface area contributed by atoms with E-state index in [0.29, 0.717) is 25.1 Å². The van der Waals surface area contributed by atoms with E-state index in [1.807, 2.05) is 10.9 Å². The Balaban J connectivity index is 1.40. The highest BCUT2D eigenvalue weighted by molar-refractivity contribution is 5.95. The summed E-state index contributed by atoms with van der Waals surface area (Å²) >= 11 is 0. The molecule has 2 aromatic rings. The van der Waals surface area contributed by atoms with Gasteiger partial charge in [0, 0.05) is 38.4 Å². The Hall–Kier alpha value is -2.64. The third-order valence-electron chi connectivity index (χ3n) is 4.24. The molecule has 0 bridgehead atoms. The zero-order chi connectivity index (χ0) is 15.1. The number of aromatic nitrogens is 4. The molecule has 114 valence electrons. The van der Waals surface area contributed by atoms with Gasteiger partial charge in [-0.2, -0.15) is 10.2 Å². The molecular weight excluding hydrogens is 284 g/mol. The maximum Gasteiger partial charge on any atom is 0.257 e. The highest BCUT2D eigenvalue weighted by Gasteiger charge is 2.34. The van der Waals surface area contributed by atoms with Crippen molar-refractivity contribution in [3.8, 4) is 0 Å². The molecule has 0 atom stereocenters. The average molecular weight is 300 g/mol. The van der Waals surface area contributed by atoms with Crippen molar-refractivity contribution in [1.29, 1.82) is 0 Å². The Bertz CT molecular complexity index is 701. The van der Waals surface area contributed by atoms with E-state index in [0.717, 1.165) is 18.7 Å². The highest BCUT2D eigenvalue weighted by Crippen LogP contribution is 2.26. The summed E-state index contributed by atoms with van der Waals surface area (Å²) in [5, 5.41) is 10.8. The fourth-order valence-corrected chi connectivity index (χ4v) is 2.93. The van der Waals surface area contributed by atoms with Crippen LogP contribution in [0.2, 0.25) is 0 Å². The third kappa shape index (κ3) is 2.07. The third-order valence-corrected chi connectivity index (χ3v) is 4.24. The molecule has 4 rings (SSSR count). The van der Waals surface area contributed by atoms with E-state index in [9.17, 15) is 9.59 Å². The molecule has 0 aromatic carbocycles. The standard InChI is InChI=1S/C14H16N6O2/c21-13-2-1-3-19(13)11-6-17-20(9-11)12-7-18(8-12)14(22)10-4-15-16-5-10/h4-6,9,12H,1-3,7-8H2,(H,15,16). The first-order chi connectivity index (χ1) is 10.7. The second kappa shape index (κ2) is 4.97. The van der Waals surface area contributed by atoms with E-state index in [1.54, 1.807) is 22.2 Å². The zero-order valence-electron chi connectivity index (χ0n) is 12.0. The van der Waals surface area contributed by atoms with E-state index in [1.165, 1.54) is 6.20 Å². The second-order valence-electron chi connectivity index (χ2n) is 5.68. The summed E-state index contributed by atoms with van der Waals surface area (Å²) in [5.41, 5.74) is 1.42. The normalized spacial score (nSPS) is 18.8. The molecule has 4 heterocycles. The molecule has 2 aliphatic rings. The van der Waals surface area contributed by atoms with Gasteiger partial charge in [0.15, 0.2) is 0 Å². The molecule has 2 amide bonds. The molecule has 8 nitrogen and oxygen atoms in total. The first-order valence-electron chi connectivity index (χ1n) is 7.35. The van der Waals surface area contributed by atoms with Crippen LogP contribution in [0.15, 0.2) is 24.8 Å². The predicted octanol–water partition coefficient (Wildman–Crippen LogP) is 0.430. The fourth-order valence-electron chi connectivity index (χ4n) is 2.93. The van der Waals surface area contributed by atoms with Gasteiger partial charge >= 0.3 is 0 Å². The molecule has 0 aliphatic carbocycles. The van der Waals surface area contributed by atoms with Crippen LogP contribution in [0.5, 0.6) is 0 Å². The number of hydrogen-bond donors (Lipinski definition) is 1. The van der Waals surface area contributed by atoms with Crippen LogP contribution in [-0.2, 0) is 4.79 Å². The lowest BCUT2D eigenvalue weighted by molar-refractivity contribution is -0.117. The van der Waals surface area contributed by atoms with Gasteiger partial charge in [0.25, 0.3) is 5.91 Å². The van der Waals surface area contributed by atoms with Gasteiger partial charge in [-0.3, -0.25) is 19.4 Å². The van der Waals surface area contributed by atoms with E-state index in [2.05, 4.69) is 15.3 Å². The van der Waals surface area contributed by atoms with Crippen molar-refractivity contribution in [3.63, 3.8) is 0 Å². The van der Waals surface area contributed by atoms with Gasteiger partial charge in [0.1, 0.15) is 0 Å². The minimum atomic E-state index is -0.0212. The number of H-pyrrole nitrogens is 1. The number of carbonyl (C=O) groups excluding carboxylic acids is 2. The van der Waals surface area contributed by atoms with Crippen molar-refractivity contribution in [2.45, 2.75) is 18.9 Å². The summed E-state index contributed by atoms with van der Waals surface area (Å²) < 4.78 is 1.85. The van der Waals surface area contributed by atoms with Gasteiger partial charge in [-0.1, -0.05) is 0 Å². The van der Waals surface area contributed by atoms with E-state index in [4.69, 9.17) is 0 Å². The van der Waals surface area contributed by atoms with Crippen LogP contribution in [0.3, 0.4) is 0 Å². The number of nitrogens with one attached hydrogen (secondary N) is 1. The summed E-state index contributed by atoms with van der Waals surface area (Å²) in [7, 11) is 0. The summed E-state index contributed by atoms with van der Waals surface area (Å²) in [4.78, 5) is 27.4. The zero-order valence-corrected chi connectivity index (χ0v) is 12.0. The van der Waals surface area contributed by atoms with Crippen molar-refractivity contribution in [2.24, 2.45) is 0 Å². The molecular formula is C14H16N6O2. The molecule has 2 aliphatic heterocycles. The van der Waals surface area contributed by atoms with Gasteiger partial charge in [-0.05, 0) is 6.42 Å². The summed E-state index contributed by atoms with van der Waals surface area (Å²) in [6, 6.07) is 0.169. The first kappa shape index (κ1) is 13.1. The second-order valence-corrected chi connectivity index (χ2v) is 5.68. The lowest BCUT2D eigenvalue weighted by atomic mass is 10.1. The molecule has 1 N–H and O–H groups in total. The minimum absolute atomic E-state index is 0.0212. The lowest BCUT2D eigenvalue weighted by Gasteiger charge is -2.38. The molecule has 0 radical (unpaired) electrons. The van der Waals surface area contributed by atoms with Crippen LogP contribution in [0.1, 0.15) is 29.2 Å². The summed E-state index contributed by atoms with van der Waals surface area (Å²) in [6.07, 6.45) is 8.26. The number of rotatable bonds is 3. The van der Waals surface area contributed by atoms with Crippen molar-refractivity contribution in [3.05, 3.63) is 30.4 Å². The molecule has 2 fully saturated rings. The van der Waals surface area contributed by atoms with E-state index >= 15 is 0 Å². The Morgan fingerprint density at radius 3 is 2.86 bits per heavy atom. The van der Waals surface area contributed by atoms with Crippen LogP contribution in [0, 0.1) is 0 Å². The Morgan fingerprint density at radius 1 is 1.32 bits per heavy atom. The summed E-state index contributed by atoms with van der Waals surface area (Å²) in [5.74, 6) is 0.136. The Morgan fingerprint density at radius 2 is 2.18 bits per heavy atom. The van der Waals surface area contributed by atoms with Crippen LogP contribution in [-0.4, -0.2) is 56.3 Å². The molecule has 0 saturated carbocycles. The lowest BCUT2D eigenvalue weighted by Crippen LogP contribution is -2.50. The van der Waals surface area contributed by atoms with Gasteiger partial charge in [0.05, 0.1) is 29.7 Å². The maximum absolute atomic E-state index is 12.1. The Kier molecular flexibility index (Phi) is 2.95. The van der Waals surface area contributed by atoms with Crippen LogP contribution >= 0.6 is 0 Å². The minimum Gasteiger partial charge on any atom is -0.334 e. The average Bonchev–Trinajstić information content (AvgIpc) is 3.16. The number of anilines is 1. The molecule has 2 saturated heterocycles.